The Kier molecular flexibility index (Phi) is 3.51. The summed E-state index contributed by atoms with van der Waals surface area (Å²) in [6.45, 7) is 1.29. The van der Waals surface area contributed by atoms with Gasteiger partial charge < -0.3 is 10.1 Å². The minimum atomic E-state index is -0.795. The molecular weight excluding hydrogens is 212 g/mol. The third kappa shape index (κ3) is 2.08. The zero-order valence-electron chi connectivity index (χ0n) is 9.17. The molecule has 0 saturated carbocycles. The highest BCUT2D eigenvalue weighted by Gasteiger charge is 2.28. The van der Waals surface area contributed by atoms with E-state index in [1.54, 1.807) is 13.1 Å². The van der Waals surface area contributed by atoms with Crippen molar-refractivity contribution in [3.8, 4) is 0 Å². The summed E-state index contributed by atoms with van der Waals surface area (Å²) in [5.74, 6) is -1.34. The van der Waals surface area contributed by atoms with Crippen LogP contribution in [0.2, 0.25) is 0 Å². The quantitative estimate of drug-likeness (QED) is 0.855. The third-order valence-electron chi connectivity index (χ3n) is 3.06. The molecule has 0 radical (unpaired) electrons. The first kappa shape index (κ1) is 11.5. The van der Waals surface area contributed by atoms with Crippen LogP contribution in [-0.4, -0.2) is 20.3 Å². The molecule has 1 aliphatic heterocycles. The molecule has 2 nitrogen and oxygen atoms in total. The summed E-state index contributed by atoms with van der Waals surface area (Å²) in [7, 11) is 1.76. The molecule has 1 N–H and O–H groups in total. The largest absolute Gasteiger partial charge is 0.381 e. The Balaban J connectivity index is 2.28. The van der Waals surface area contributed by atoms with E-state index in [2.05, 4.69) is 5.32 Å². The van der Waals surface area contributed by atoms with Gasteiger partial charge in [-0.2, -0.15) is 0 Å². The predicted octanol–water partition coefficient (Wildman–Crippen LogP) is 2.26. The van der Waals surface area contributed by atoms with E-state index in [1.165, 1.54) is 6.07 Å². The van der Waals surface area contributed by atoms with Crippen LogP contribution in [0.4, 0.5) is 8.78 Å². The zero-order chi connectivity index (χ0) is 11.5. The van der Waals surface area contributed by atoms with Gasteiger partial charge in [-0.1, -0.05) is 12.1 Å². The number of hydrogen-bond donors (Lipinski definition) is 1. The van der Waals surface area contributed by atoms with Gasteiger partial charge in [0.15, 0.2) is 11.6 Å². The summed E-state index contributed by atoms with van der Waals surface area (Å²) in [5.41, 5.74) is 0.387. The van der Waals surface area contributed by atoms with Crippen LogP contribution >= 0.6 is 0 Å². The Morgan fingerprint density at radius 1 is 1.44 bits per heavy atom. The van der Waals surface area contributed by atoms with Gasteiger partial charge >= 0.3 is 0 Å². The highest BCUT2D eigenvalue weighted by Crippen LogP contribution is 2.30. The Hall–Kier alpha value is -1.00. The Bertz CT molecular complexity index is 364. The highest BCUT2D eigenvalue weighted by molar-refractivity contribution is 5.23. The van der Waals surface area contributed by atoms with Gasteiger partial charge in [0.05, 0.1) is 6.61 Å². The fourth-order valence-electron chi connectivity index (χ4n) is 2.22. The molecule has 2 rings (SSSR count). The summed E-state index contributed by atoms with van der Waals surface area (Å²) in [4.78, 5) is 0. The molecule has 1 fully saturated rings. The van der Waals surface area contributed by atoms with Gasteiger partial charge in [0.25, 0.3) is 0 Å². The molecule has 1 aromatic carbocycles. The number of hydrogen-bond acceptors (Lipinski definition) is 2. The van der Waals surface area contributed by atoms with E-state index in [1.807, 2.05) is 0 Å². The van der Waals surface area contributed by atoms with E-state index in [4.69, 9.17) is 4.74 Å². The summed E-state index contributed by atoms with van der Waals surface area (Å²) < 4.78 is 32.0. The smallest absolute Gasteiger partial charge is 0.163 e. The second-order valence-corrected chi connectivity index (χ2v) is 4.03. The lowest BCUT2D eigenvalue weighted by Gasteiger charge is -2.22. The highest BCUT2D eigenvalue weighted by atomic mass is 19.2. The lowest BCUT2D eigenvalue weighted by Crippen LogP contribution is -2.26. The minimum Gasteiger partial charge on any atom is -0.381 e. The number of nitrogens with one attached hydrogen (secondary N) is 1. The summed E-state index contributed by atoms with van der Waals surface area (Å²) in [6, 6.07) is 4.11. The van der Waals surface area contributed by atoms with Crippen LogP contribution < -0.4 is 5.32 Å². The van der Waals surface area contributed by atoms with Crippen molar-refractivity contribution in [2.24, 2.45) is 5.92 Å². The van der Waals surface area contributed by atoms with Crippen LogP contribution in [0.25, 0.3) is 0 Å². The Morgan fingerprint density at radius 3 is 2.88 bits per heavy atom. The van der Waals surface area contributed by atoms with Gasteiger partial charge in [0.2, 0.25) is 0 Å². The van der Waals surface area contributed by atoms with Gasteiger partial charge in [-0.25, -0.2) is 8.78 Å². The zero-order valence-corrected chi connectivity index (χ0v) is 9.17. The maximum Gasteiger partial charge on any atom is 0.163 e. The van der Waals surface area contributed by atoms with Crippen LogP contribution in [0.3, 0.4) is 0 Å². The Labute approximate surface area is 93.6 Å². The standard InChI is InChI=1S/C12H15F2NO/c1-15-12(8-5-6-16-7-8)9-3-2-4-10(13)11(9)14/h2-4,8,12,15H,5-7H2,1H3. The lowest BCUT2D eigenvalue weighted by molar-refractivity contribution is 0.177. The van der Waals surface area contributed by atoms with Gasteiger partial charge in [0, 0.05) is 24.1 Å². The van der Waals surface area contributed by atoms with Crippen molar-refractivity contribution in [3.63, 3.8) is 0 Å². The van der Waals surface area contributed by atoms with Crippen molar-refractivity contribution in [1.82, 2.24) is 5.32 Å². The molecule has 0 bridgehead atoms. The summed E-state index contributed by atoms with van der Waals surface area (Å²) in [6.07, 6.45) is 0.876. The molecule has 1 aliphatic rings. The molecule has 1 saturated heterocycles. The first-order valence-corrected chi connectivity index (χ1v) is 5.43. The Morgan fingerprint density at radius 2 is 2.25 bits per heavy atom. The molecular formula is C12H15F2NO. The lowest BCUT2D eigenvalue weighted by atomic mass is 9.92. The normalized spacial score (nSPS) is 22.3. The predicted molar refractivity (Wildman–Crippen MR) is 57.1 cm³/mol. The molecule has 16 heavy (non-hydrogen) atoms. The van der Waals surface area contributed by atoms with Gasteiger partial charge in [0.1, 0.15) is 0 Å². The van der Waals surface area contributed by atoms with E-state index in [0.717, 1.165) is 12.5 Å². The van der Waals surface area contributed by atoms with E-state index >= 15 is 0 Å². The molecule has 0 amide bonds. The average molecular weight is 227 g/mol. The number of rotatable bonds is 3. The minimum absolute atomic E-state index is 0.182. The average Bonchev–Trinajstić information content (AvgIpc) is 2.79. The van der Waals surface area contributed by atoms with Crippen LogP contribution in [0.15, 0.2) is 18.2 Å². The van der Waals surface area contributed by atoms with Crippen molar-refractivity contribution in [3.05, 3.63) is 35.4 Å². The number of ether oxygens (including phenoxy) is 1. The first-order chi connectivity index (χ1) is 7.74. The maximum absolute atomic E-state index is 13.6. The van der Waals surface area contributed by atoms with Crippen molar-refractivity contribution >= 4 is 0 Å². The van der Waals surface area contributed by atoms with Gasteiger partial charge in [-0.3, -0.25) is 0 Å². The van der Waals surface area contributed by atoms with Crippen LogP contribution in [0, 0.1) is 17.6 Å². The molecule has 2 atom stereocenters. The second-order valence-electron chi connectivity index (χ2n) is 4.03. The maximum atomic E-state index is 13.6. The molecule has 0 spiro atoms. The summed E-state index contributed by atoms with van der Waals surface area (Å²) >= 11 is 0. The fourth-order valence-corrected chi connectivity index (χ4v) is 2.22. The van der Waals surface area contributed by atoms with Crippen LogP contribution in [0.5, 0.6) is 0 Å². The summed E-state index contributed by atoms with van der Waals surface area (Å²) in [5, 5.41) is 3.04. The molecule has 88 valence electrons. The molecule has 2 unspecified atom stereocenters. The van der Waals surface area contributed by atoms with Crippen molar-refractivity contribution in [2.45, 2.75) is 12.5 Å². The number of halogens is 2. The van der Waals surface area contributed by atoms with Crippen molar-refractivity contribution in [1.29, 1.82) is 0 Å². The SMILES string of the molecule is CNC(c1cccc(F)c1F)C1CCOC1. The molecule has 4 heteroatoms. The fraction of sp³-hybridized carbons (Fsp3) is 0.500. The van der Waals surface area contributed by atoms with Crippen LogP contribution in [0.1, 0.15) is 18.0 Å². The monoisotopic (exact) mass is 227 g/mol. The van der Waals surface area contributed by atoms with E-state index in [-0.39, 0.29) is 12.0 Å². The molecule has 0 aromatic heterocycles. The van der Waals surface area contributed by atoms with Crippen molar-refractivity contribution < 1.29 is 13.5 Å². The van der Waals surface area contributed by atoms with E-state index in [9.17, 15) is 8.78 Å². The van der Waals surface area contributed by atoms with E-state index < -0.39 is 11.6 Å². The molecule has 1 aromatic rings. The van der Waals surface area contributed by atoms with Gasteiger partial charge in [-0.15, -0.1) is 0 Å². The third-order valence-corrected chi connectivity index (χ3v) is 3.06. The molecule has 1 heterocycles. The second kappa shape index (κ2) is 4.89. The molecule has 0 aliphatic carbocycles. The van der Waals surface area contributed by atoms with Crippen LogP contribution in [-0.2, 0) is 4.74 Å². The number of benzene rings is 1. The first-order valence-electron chi connectivity index (χ1n) is 5.43. The van der Waals surface area contributed by atoms with Crippen molar-refractivity contribution in [2.75, 3.05) is 20.3 Å². The van der Waals surface area contributed by atoms with E-state index in [0.29, 0.717) is 18.8 Å². The topological polar surface area (TPSA) is 21.3 Å². The van der Waals surface area contributed by atoms with Gasteiger partial charge in [-0.05, 0) is 19.5 Å².